The molecule has 6 heteroatoms. The maximum Gasteiger partial charge on any atom is 0.273 e. The number of amides is 1. The van der Waals surface area contributed by atoms with Crippen molar-refractivity contribution in [3.63, 3.8) is 0 Å². The van der Waals surface area contributed by atoms with E-state index in [-0.39, 0.29) is 11.6 Å². The molecule has 3 rings (SSSR count). The Kier molecular flexibility index (Phi) is 6.81. The molecule has 0 aliphatic heterocycles. The van der Waals surface area contributed by atoms with Crippen LogP contribution in [0.1, 0.15) is 22.5 Å². The van der Waals surface area contributed by atoms with Gasteiger partial charge >= 0.3 is 0 Å². The maximum absolute atomic E-state index is 12.1. The van der Waals surface area contributed by atoms with Crippen molar-refractivity contribution in [2.45, 2.75) is 13.0 Å². The molecule has 0 spiro atoms. The molecule has 0 unspecified atom stereocenters. The molecule has 28 heavy (non-hydrogen) atoms. The monoisotopic (exact) mass is 379 g/mol. The van der Waals surface area contributed by atoms with Gasteiger partial charge in [-0.05, 0) is 56.9 Å². The number of benzene rings is 2. The van der Waals surface area contributed by atoms with Crippen molar-refractivity contribution in [2.24, 2.45) is 0 Å². The van der Waals surface area contributed by atoms with E-state index in [4.69, 9.17) is 9.26 Å². The van der Waals surface area contributed by atoms with Crippen LogP contribution in [-0.2, 0) is 6.61 Å². The van der Waals surface area contributed by atoms with E-state index in [0.717, 1.165) is 29.8 Å². The van der Waals surface area contributed by atoms with Crippen LogP contribution in [0.4, 0.5) is 0 Å². The Labute approximate surface area is 165 Å². The summed E-state index contributed by atoms with van der Waals surface area (Å²) in [7, 11) is 4.01. The van der Waals surface area contributed by atoms with Crippen molar-refractivity contribution in [2.75, 3.05) is 27.2 Å². The van der Waals surface area contributed by atoms with Crippen LogP contribution in [0.5, 0.6) is 5.75 Å². The van der Waals surface area contributed by atoms with Gasteiger partial charge in [0.2, 0.25) is 0 Å². The quantitative estimate of drug-likeness (QED) is 0.576. The predicted octanol–water partition coefficient (Wildman–Crippen LogP) is 3.60. The number of ether oxygens (including phenoxy) is 1. The number of rotatable bonds is 9. The third-order valence-corrected chi connectivity index (χ3v) is 4.20. The molecule has 1 heterocycles. The molecule has 3 aromatic rings. The van der Waals surface area contributed by atoms with Crippen molar-refractivity contribution < 1.29 is 14.1 Å². The second kappa shape index (κ2) is 9.71. The standard InChI is InChI=1S/C22H25N3O3/c1-25(2)14-6-13-23-22(26)20-15-21(28-24-20)18-9-11-19(12-10-18)27-16-17-7-4-3-5-8-17/h3-5,7-12,15H,6,13-14,16H2,1-2H3,(H,23,26). The second-order valence-electron chi connectivity index (χ2n) is 6.79. The van der Waals surface area contributed by atoms with Crippen LogP contribution in [0.3, 0.4) is 0 Å². The number of carbonyl (C=O) groups is 1. The van der Waals surface area contributed by atoms with Gasteiger partial charge < -0.3 is 19.5 Å². The molecule has 1 N–H and O–H groups in total. The molecule has 6 nitrogen and oxygen atoms in total. The van der Waals surface area contributed by atoms with E-state index in [1.165, 1.54) is 0 Å². The zero-order chi connectivity index (χ0) is 19.8. The van der Waals surface area contributed by atoms with Crippen LogP contribution >= 0.6 is 0 Å². The molecular weight excluding hydrogens is 354 g/mol. The van der Waals surface area contributed by atoms with Crippen LogP contribution in [0.15, 0.2) is 65.2 Å². The van der Waals surface area contributed by atoms with Crippen LogP contribution in [0, 0.1) is 0 Å². The minimum atomic E-state index is -0.225. The summed E-state index contributed by atoms with van der Waals surface area (Å²) in [6.45, 7) is 2.04. The third kappa shape index (κ3) is 5.69. The number of nitrogens with one attached hydrogen (secondary N) is 1. The molecule has 1 aromatic heterocycles. The molecule has 0 saturated heterocycles. The van der Waals surface area contributed by atoms with E-state index in [2.05, 4.69) is 15.4 Å². The molecular formula is C22H25N3O3. The van der Waals surface area contributed by atoms with Gasteiger partial charge in [-0.2, -0.15) is 0 Å². The molecule has 0 aliphatic rings. The second-order valence-corrected chi connectivity index (χ2v) is 6.79. The lowest BCUT2D eigenvalue weighted by Gasteiger charge is -2.08. The Hall–Kier alpha value is -3.12. The van der Waals surface area contributed by atoms with Crippen LogP contribution in [-0.4, -0.2) is 43.1 Å². The van der Waals surface area contributed by atoms with Gasteiger partial charge in [-0.3, -0.25) is 4.79 Å². The van der Waals surface area contributed by atoms with E-state index in [9.17, 15) is 4.79 Å². The molecule has 0 bridgehead atoms. The average Bonchev–Trinajstić information content (AvgIpc) is 3.21. The molecule has 0 atom stereocenters. The lowest BCUT2D eigenvalue weighted by Crippen LogP contribution is -2.27. The molecule has 1 amide bonds. The van der Waals surface area contributed by atoms with Crippen molar-refractivity contribution in [1.29, 1.82) is 0 Å². The highest BCUT2D eigenvalue weighted by Gasteiger charge is 2.13. The molecule has 0 aliphatic carbocycles. The van der Waals surface area contributed by atoms with Gasteiger partial charge in [-0.25, -0.2) is 0 Å². The lowest BCUT2D eigenvalue weighted by molar-refractivity contribution is 0.0943. The molecule has 0 saturated carbocycles. The number of aromatic nitrogens is 1. The Balaban J connectivity index is 1.53. The Morgan fingerprint density at radius 3 is 2.57 bits per heavy atom. The van der Waals surface area contributed by atoms with Crippen molar-refractivity contribution >= 4 is 5.91 Å². The zero-order valence-electron chi connectivity index (χ0n) is 16.2. The Morgan fingerprint density at radius 2 is 1.86 bits per heavy atom. The molecule has 2 aromatic carbocycles. The number of hydrogen-bond donors (Lipinski definition) is 1. The van der Waals surface area contributed by atoms with E-state index >= 15 is 0 Å². The summed E-state index contributed by atoms with van der Waals surface area (Å²) in [5, 5.41) is 6.73. The maximum atomic E-state index is 12.1. The molecule has 0 radical (unpaired) electrons. The SMILES string of the molecule is CN(C)CCCNC(=O)c1cc(-c2ccc(OCc3ccccc3)cc2)on1. The summed E-state index contributed by atoms with van der Waals surface area (Å²) in [6, 6.07) is 19.2. The molecule has 0 fully saturated rings. The van der Waals surface area contributed by atoms with Gasteiger partial charge in [0, 0.05) is 18.2 Å². The summed E-state index contributed by atoms with van der Waals surface area (Å²) < 4.78 is 11.1. The number of carbonyl (C=O) groups excluding carboxylic acids is 1. The number of nitrogens with zero attached hydrogens (tertiary/aromatic N) is 2. The minimum absolute atomic E-state index is 0.225. The predicted molar refractivity (Wildman–Crippen MR) is 108 cm³/mol. The summed E-state index contributed by atoms with van der Waals surface area (Å²) in [6.07, 6.45) is 0.883. The first-order chi connectivity index (χ1) is 13.6. The van der Waals surface area contributed by atoms with Gasteiger partial charge in [0.25, 0.3) is 5.91 Å². The zero-order valence-corrected chi connectivity index (χ0v) is 16.2. The summed E-state index contributed by atoms with van der Waals surface area (Å²) in [5.74, 6) is 1.09. The van der Waals surface area contributed by atoms with Crippen LogP contribution in [0.25, 0.3) is 11.3 Å². The Bertz CT molecular complexity index is 874. The van der Waals surface area contributed by atoms with Crippen molar-refractivity contribution in [1.82, 2.24) is 15.4 Å². The van der Waals surface area contributed by atoms with E-state index in [0.29, 0.717) is 18.9 Å². The first-order valence-corrected chi connectivity index (χ1v) is 9.28. The van der Waals surface area contributed by atoms with E-state index in [1.807, 2.05) is 68.7 Å². The van der Waals surface area contributed by atoms with Gasteiger partial charge in [0.15, 0.2) is 11.5 Å². The van der Waals surface area contributed by atoms with Gasteiger partial charge in [-0.1, -0.05) is 35.5 Å². The highest BCUT2D eigenvalue weighted by atomic mass is 16.5. The average molecular weight is 379 g/mol. The van der Waals surface area contributed by atoms with Gasteiger partial charge in [-0.15, -0.1) is 0 Å². The fourth-order valence-electron chi connectivity index (χ4n) is 2.66. The summed E-state index contributed by atoms with van der Waals surface area (Å²) in [4.78, 5) is 14.2. The van der Waals surface area contributed by atoms with Crippen LogP contribution in [0.2, 0.25) is 0 Å². The normalized spacial score (nSPS) is 10.8. The van der Waals surface area contributed by atoms with Gasteiger partial charge in [0.1, 0.15) is 12.4 Å². The summed E-state index contributed by atoms with van der Waals surface area (Å²) in [5.41, 5.74) is 2.23. The largest absolute Gasteiger partial charge is 0.489 e. The highest BCUT2D eigenvalue weighted by molar-refractivity contribution is 5.93. The Morgan fingerprint density at radius 1 is 1.11 bits per heavy atom. The van der Waals surface area contributed by atoms with E-state index in [1.54, 1.807) is 6.07 Å². The van der Waals surface area contributed by atoms with Crippen molar-refractivity contribution in [3.8, 4) is 17.1 Å². The van der Waals surface area contributed by atoms with Crippen molar-refractivity contribution in [3.05, 3.63) is 71.9 Å². The van der Waals surface area contributed by atoms with E-state index < -0.39 is 0 Å². The topological polar surface area (TPSA) is 67.6 Å². The lowest BCUT2D eigenvalue weighted by atomic mass is 10.1. The fourth-order valence-corrected chi connectivity index (χ4v) is 2.66. The fraction of sp³-hybridized carbons (Fsp3) is 0.273. The summed E-state index contributed by atoms with van der Waals surface area (Å²) >= 11 is 0. The number of hydrogen-bond acceptors (Lipinski definition) is 5. The smallest absolute Gasteiger partial charge is 0.273 e. The third-order valence-electron chi connectivity index (χ3n) is 4.20. The highest BCUT2D eigenvalue weighted by Crippen LogP contribution is 2.23. The minimum Gasteiger partial charge on any atom is -0.489 e. The van der Waals surface area contributed by atoms with Gasteiger partial charge in [0.05, 0.1) is 0 Å². The van der Waals surface area contributed by atoms with Crippen LogP contribution < -0.4 is 10.1 Å². The molecule has 146 valence electrons. The first-order valence-electron chi connectivity index (χ1n) is 9.28. The first kappa shape index (κ1) is 19.6.